The highest BCUT2D eigenvalue weighted by atomic mass is 32.1. The van der Waals surface area contributed by atoms with Gasteiger partial charge >= 0.3 is 0 Å². The van der Waals surface area contributed by atoms with Crippen LogP contribution in [0.1, 0.15) is 44.6 Å². The minimum Gasteiger partial charge on any atom is -0.337 e. The van der Waals surface area contributed by atoms with Crippen molar-refractivity contribution in [3.63, 3.8) is 0 Å². The molecule has 0 spiro atoms. The lowest BCUT2D eigenvalue weighted by atomic mass is 9.92. The van der Waals surface area contributed by atoms with E-state index in [0.29, 0.717) is 0 Å². The Morgan fingerprint density at radius 1 is 1.37 bits per heavy atom. The van der Waals surface area contributed by atoms with E-state index in [2.05, 4.69) is 48.5 Å². The van der Waals surface area contributed by atoms with Crippen LogP contribution in [-0.4, -0.2) is 19.3 Å². The van der Waals surface area contributed by atoms with Crippen molar-refractivity contribution in [2.45, 2.75) is 46.1 Å². The third-order valence-corrected chi connectivity index (χ3v) is 3.63. The Balaban J connectivity index is 2.44. The van der Waals surface area contributed by atoms with Crippen LogP contribution in [0.5, 0.6) is 0 Å². The largest absolute Gasteiger partial charge is 0.337 e. The number of imidazole rings is 1. The Hall–Kier alpha value is -1.36. The van der Waals surface area contributed by atoms with Crippen molar-refractivity contribution in [3.8, 4) is 0 Å². The second-order valence-electron chi connectivity index (χ2n) is 5.94. The molecular weight excluding hydrogens is 256 g/mol. The number of hydrogen-bond acceptors (Lipinski definition) is 2. The number of nitrogens with one attached hydrogen (secondary N) is 1. The zero-order valence-corrected chi connectivity index (χ0v) is 13.1. The van der Waals surface area contributed by atoms with E-state index in [0.717, 1.165) is 23.4 Å². The Labute approximate surface area is 119 Å². The van der Waals surface area contributed by atoms with Gasteiger partial charge in [0.25, 0.3) is 0 Å². The Bertz CT molecular complexity index is 625. The summed E-state index contributed by atoms with van der Waals surface area (Å²) in [7, 11) is 1.96. The summed E-state index contributed by atoms with van der Waals surface area (Å²) in [5.74, 6) is 0. The molecule has 5 heteroatoms. The molecule has 0 aromatic carbocycles. The molecule has 0 aliphatic carbocycles. The molecule has 0 unspecified atom stereocenters. The average Bonchev–Trinajstić information content (AvgIpc) is 2.83. The third-order valence-electron chi connectivity index (χ3n) is 3.29. The van der Waals surface area contributed by atoms with Gasteiger partial charge in [0.15, 0.2) is 4.77 Å². The van der Waals surface area contributed by atoms with E-state index < -0.39 is 0 Å². The molecule has 2 aromatic rings. The van der Waals surface area contributed by atoms with Crippen LogP contribution in [0.4, 0.5) is 0 Å². The molecule has 1 N–H and O–H groups in total. The first-order chi connectivity index (χ1) is 8.82. The summed E-state index contributed by atoms with van der Waals surface area (Å²) in [4.78, 5) is 3.16. The summed E-state index contributed by atoms with van der Waals surface area (Å²) >= 11 is 5.41. The maximum absolute atomic E-state index is 5.41. The Kier molecular flexibility index (Phi) is 3.67. The quantitative estimate of drug-likeness (QED) is 0.876. The van der Waals surface area contributed by atoms with Crippen LogP contribution in [0.2, 0.25) is 0 Å². The summed E-state index contributed by atoms with van der Waals surface area (Å²) < 4.78 is 4.82. The molecule has 0 amide bonds. The van der Waals surface area contributed by atoms with Gasteiger partial charge in [-0.1, -0.05) is 27.7 Å². The predicted molar refractivity (Wildman–Crippen MR) is 80.0 cm³/mol. The highest BCUT2D eigenvalue weighted by molar-refractivity contribution is 7.71. The van der Waals surface area contributed by atoms with E-state index in [4.69, 9.17) is 12.2 Å². The maximum atomic E-state index is 5.41. The van der Waals surface area contributed by atoms with Crippen LogP contribution in [0, 0.1) is 4.77 Å². The molecule has 0 saturated heterocycles. The normalized spacial score (nSPS) is 12.1. The minimum atomic E-state index is 0.0716. The molecule has 0 aliphatic heterocycles. The molecule has 0 aliphatic rings. The molecule has 104 valence electrons. The standard InChI is InChI=1S/C14H22N4S/c1-6-11-10(8-17(5)16-11)9-18-12(14(2,3)4)7-15-13(18)19/h7-8H,6,9H2,1-5H3,(H,15,19). The molecule has 2 heterocycles. The van der Waals surface area contributed by atoms with E-state index in [-0.39, 0.29) is 5.41 Å². The molecular formula is C14H22N4S. The van der Waals surface area contributed by atoms with Crippen LogP contribution < -0.4 is 0 Å². The van der Waals surface area contributed by atoms with Crippen LogP contribution in [0.25, 0.3) is 0 Å². The van der Waals surface area contributed by atoms with E-state index in [9.17, 15) is 0 Å². The number of aryl methyl sites for hydroxylation is 2. The average molecular weight is 278 g/mol. The smallest absolute Gasteiger partial charge is 0.177 e. The van der Waals surface area contributed by atoms with E-state index >= 15 is 0 Å². The van der Waals surface area contributed by atoms with E-state index in [1.807, 2.05) is 17.9 Å². The highest BCUT2D eigenvalue weighted by Gasteiger charge is 2.20. The lowest BCUT2D eigenvalue weighted by molar-refractivity contribution is 0.528. The lowest BCUT2D eigenvalue weighted by Gasteiger charge is -2.20. The van der Waals surface area contributed by atoms with E-state index in [1.54, 1.807) is 0 Å². The van der Waals surface area contributed by atoms with Gasteiger partial charge in [-0.15, -0.1) is 0 Å². The van der Waals surface area contributed by atoms with Gasteiger partial charge in [0, 0.05) is 36.1 Å². The van der Waals surface area contributed by atoms with Crippen LogP contribution in [0.3, 0.4) is 0 Å². The van der Waals surface area contributed by atoms with Crippen molar-refractivity contribution < 1.29 is 0 Å². The van der Waals surface area contributed by atoms with Crippen LogP contribution >= 0.6 is 12.2 Å². The van der Waals surface area contributed by atoms with Gasteiger partial charge in [-0.25, -0.2) is 0 Å². The van der Waals surface area contributed by atoms with Crippen molar-refractivity contribution in [1.29, 1.82) is 0 Å². The summed E-state index contributed by atoms with van der Waals surface area (Å²) in [6, 6.07) is 0. The van der Waals surface area contributed by atoms with Crippen LogP contribution in [0.15, 0.2) is 12.4 Å². The minimum absolute atomic E-state index is 0.0716. The Morgan fingerprint density at radius 3 is 2.63 bits per heavy atom. The zero-order valence-electron chi connectivity index (χ0n) is 12.3. The summed E-state index contributed by atoms with van der Waals surface area (Å²) in [5, 5.41) is 4.49. The number of rotatable bonds is 3. The maximum Gasteiger partial charge on any atom is 0.177 e. The second kappa shape index (κ2) is 4.96. The summed E-state index contributed by atoms with van der Waals surface area (Å²) in [6.45, 7) is 9.51. The first kappa shape index (κ1) is 14.1. The first-order valence-electron chi connectivity index (χ1n) is 6.63. The van der Waals surface area contributed by atoms with Gasteiger partial charge in [-0.3, -0.25) is 4.68 Å². The van der Waals surface area contributed by atoms with Crippen molar-refractivity contribution >= 4 is 12.2 Å². The fourth-order valence-corrected chi connectivity index (χ4v) is 2.58. The summed E-state index contributed by atoms with van der Waals surface area (Å²) in [6.07, 6.45) is 5.04. The lowest BCUT2D eigenvalue weighted by Crippen LogP contribution is -2.18. The van der Waals surface area contributed by atoms with Gasteiger partial charge in [-0.05, 0) is 18.6 Å². The van der Waals surface area contributed by atoms with E-state index in [1.165, 1.54) is 11.3 Å². The Morgan fingerprint density at radius 2 is 2.05 bits per heavy atom. The number of aromatic amines is 1. The molecule has 0 saturated carbocycles. The fourth-order valence-electron chi connectivity index (χ4n) is 2.36. The molecule has 4 nitrogen and oxygen atoms in total. The first-order valence-corrected chi connectivity index (χ1v) is 7.04. The second-order valence-corrected chi connectivity index (χ2v) is 6.33. The van der Waals surface area contributed by atoms with Crippen molar-refractivity contribution in [1.82, 2.24) is 19.3 Å². The van der Waals surface area contributed by atoms with Gasteiger partial charge in [-0.2, -0.15) is 5.10 Å². The van der Waals surface area contributed by atoms with Gasteiger partial charge in [0.05, 0.1) is 12.2 Å². The third kappa shape index (κ3) is 2.81. The number of nitrogens with zero attached hydrogens (tertiary/aromatic N) is 3. The molecule has 0 bridgehead atoms. The topological polar surface area (TPSA) is 38.5 Å². The van der Waals surface area contributed by atoms with Gasteiger partial charge < -0.3 is 9.55 Å². The number of aromatic nitrogens is 4. The zero-order chi connectivity index (χ0) is 14.2. The monoisotopic (exact) mass is 278 g/mol. The van der Waals surface area contributed by atoms with Crippen LogP contribution in [-0.2, 0) is 25.4 Å². The molecule has 0 atom stereocenters. The fraction of sp³-hybridized carbons (Fsp3) is 0.571. The molecule has 0 radical (unpaired) electrons. The molecule has 0 fully saturated rings. The SMILES string of the molecule is CCc1nn(C)cc1Cn1c(C(C)(C)C)c[nH]c1=S. The van der Waals surface area contributed by atoms with Gasteiger partial charge in [0.1, 0.15) is 0 Å². The van der Waals surface area contributed by atoms with Crippen molar-refractivity contribution in [3.05, 3.63) is 34.1 Å². The van der Waals surface area contributed by atoms with Crippen molar-refractivity contribution in [2.75, 3.05) is 0 Å². The molecule has 2 aromatic heterocycles. The molecule has 19 heavy (non-hydrogen) atoms. The van der Waals surface area contributed by atoms with Gasteiger partial charge in [0.2, 0.25) is 0 Å². The predicted octanol–water partition coefficient (Wildman–Crippen LogP) is 3.19. The molecule has 2 rings (SSSR count). The van der Waals surface area contributed by atoms with Crippen molar-refractivity contribution in [2.24, 2.45) is 7.05 Å². The highest BCUT2D eigenvalue weighted by Crippen LogP contribution is 2.23. The summed E-state index contributed by atoms with van der Waals surface area (Å²) in [5.41, 5.74) is 3.68. The number of H-pyrrole nitrogens is 1. The number of hydrogen-bond donors (Lipinski definition) is 1.